The van der Waals surface area contributed by atoms with Gasteiger partial charge in [-0.3, -0.25) is 0 Å². The van der Waals surface area contributed by atoms with E-state index in [0.29, 0.717) is 12.1 Å². The quantitative estimate of drug-likeness (QED) is 0.788. The molecule has 1 aliphatic rings. The van der Waals surface area contributed by atoms with Gasteiger partial charge in [-0.05, 0) is 48.5 Å². The van der Waals surface area contributed by atoms with Crippen molar-refractivity contribution in [3.63, 3.8) is 0 Å². The van der Waals surface area contributed by atoms with Crippen molar-refractivity contribution in [1.82, 2.24) is 9.97 Å². The molecule has 4 heteroatoms. The van der Waals surface area contributed by atoms with Gasteiger partial charge in [-0.2, -0.15) is 0 Å². The van der Waals surface area contributed by atoms with Crippen LogP contribution in [0.2, 0.25) is 0 Å². The molecule has 1 saturated heterocycles. The van der Waals surface area contributed by atoms with E-state index in [-0.39, 0.29) is 0 Å². The van der Waals surface area contributed by atoms with E-state index in [2.05, 4.69) is 52.7 Å². The smallest absolute Gasteiger partial charge is 0.133 e. The van der Waals surface area contributed by atoms with Gasteiger partial charge in [0.05, 0.1) is 0 Å². The van der Waals surface area contributed by atoms with Crippen LogP contribution in [0.15, 0.2) is 10.7 Å². The number of rotatable bonds is 4. The number of anilines is 1. The molecule has 0 bridgehead atoms. The maximum absolute atomic E-state index is 4.74. The van der Waals surface area contributed by atoms with Gasteiger partial charge in [0.2, 0.25) is 0 Å². The highest BCUT2D eigenvalue weighted by molar-refractivity contribution is 9.10. The first kappa shape index (κ1) is 13.8. The van der Waals surface area contributed by atoms with Gasteiger partial charge in [-0.1, -0.05) is 13.8 Å². The van der Waals surface area contributed by atoms with Crippen LogP contribution < -0.4 is 4.90 Å². The molecule has 1 fully saturated rings. The van der Waals surface area contributed by atoms with E-state index in [1.807, 2.05) is 0 Å². The Morgan fingerprint density at radius 2 is 2.11 bits per heavy atom. The van der Waals surface area contributed by atoms with Crippen molar-refractivity contribution in [3.05, 3.63) is 16.5 Å². The number of halogens is 1. The Labute approximate surface area is 118 Å². The summed E-state index contributed by atoms with van der Waals surface area (Å²) in [6, 6.07) is 3.28. The molecule has 0 radical (unpaired) electrons. The molecule has 2 heterocycles. The van der Waals surface area contributed by atoms with Crippen LogP contribution in [-0.4, -0.2) is 22.1 Å². The van der Waals surface area contributed by atoms with Crippen LogP contribution in [-0.2, 0) is 6.42 Å². The lowest BCUT2D eigenvalue weighted by molar-refractivity contribution is 0.617. The molecule has 2 atom stereocenters. The Kier molecular flexibility index (Phi) is 4.60. The molecule has 2 rings (SSSR count). The number of aryl methyl sites for hydroxylation is 1. The van der Waals surface area contributed by atoms with Crippen molar-refractivity contribution in [2.45, 2.75) is 65.0 Å². The third kappa shape index (κ3) is 2.85. The molecule has 0 spiro atoms. The lowest BCUT2D eigenvalue weighted by Crippen LogP contribution is -2.35. The molecular formula is C14H22BrN3. The van der Waals surface area contributed by atoms with E-state index < -0.39 is 0 Å². The average Bonchev–Trinajstić information content (AvgIpc) is 2.70. The lowest BCUT2D eigenvalue weighted by Gasteiger charge is -2.29. The van der Waals surface area contributed by atoms with Crippen LogP contribution in [0.1, 0.15) is 52.3 Å². The maximum atomic E-state index is 4.74. The molecular weight excluding hydrogens is 290 g/mol. The monoisotopic (exact) mass is 311 g/mol. The molecule has 100 valence electrons. The lowest BCUT2D eigenvalue weighted by atomic mass is 10.1. The molecule has 0 saturated carbocycles. The average molecular weight is 312 g/mol. The Morgan fingerprint density at radius 1 is 1.33 bits per heavy atom. The largest absolute Gasteiger partial charge is 0.351 e. The van der Waals surface area contributed by atoms with E-state index >= 15 is 0 Å². The van der Waals surface area contributed by atoms with Crippen molar-refractivity contribution in [2.24, 2.45) is 0 Å². The molecule has 0 aliphatic carbocycles. The van der Waals surface area contributed by atoms with Gasteiger partial charge in [0.15, 0.2) is 0 Å². The minimum atomic E-state index is 0.589. The molecule has 1 aromatic heterocycles. The zero-order valence-corrected chi connectivity index (χ0v) is 13.1. The zero-order chi connectivity index (χ0) is 13.1. The fraction of sp³-hybridized carbons (Fsp3) is 0.714. The van der Waals surface area contributed by atoms with Crippen LogP contribution in [0, 0.1) is 0 Å². The number of aromatic nitrogens is 2. The van der Waals surface area contributed by atoms with E-state index in [0.717, 1.165) is 29.1 Å². The van der Waals surface area contributed by atoms with E-state index in [1.165, 1.54) is 19.3 Å². The van der Waals surface area contributed by atoms with Gasteiger partial charge in [0.25, 0.3) is 0 Å². The summed E-state index contributed by atoms with van der Waals surface area (Å²) in [4.78, 5) is 11.7. The molecule has 0 aromatic carbocycles. The highest BCUT2D eigenvalue weighted by atomic mass is 79.9. The van der Waals surface area contributed by atoms with Crippen LogP contribution >= 0.6 is 15.9 Å². The van der Waals surface area contributed by atoms with Crippen LogP contribution in [0.4, 0.5) is 5.82 Å². The summed E-state index contributed by atoms with van der Waals surface area (Å²) in [6.07, 6.45) is 5.77. The SMILES string of the molecule is CCCc1nc(Br)cc(N2C(C)CCC2CC)n1. The van der Waals surface area contributed by atoms with Gasteiger partial charge >= 0.3 is 0 Å². The predicted octanol–water partition coefficient (Wildman–Crippen LogP) is 3.96. The first-order valence-corrected chi connectivity index (χ1v) is 7.76. The molecule has 0 amide bonds. The predicted molar refractivity (Wildman–Crippen MR) is 79.0 cm³/mol. The second-order valence-electron chi connectivity index (χ2n) is 5.11. The second-order valence-corrected chi connectivity index (χ2v) is 5.92. The number of nitrogens with zero attached hydrogens (tertiary/aromatic N) is 3. The van der Waals surface area contributed by atoms with E-state index in [9.17, 15) is 0 Å². The third-order valence-corrected chi connectivity index (χ3v) is 4.13. The van der Waals surface area contributed by atoms with Crippen LogP contribution in [0.5, 0.6) is 0 Å². The first-order valence-electron chi connectivity index (χ1n) is 6.97. The first-order chi connectivity index (χ1) is 8.65. The second kappa shape index (κ2) is 6.00. The normalized spacial score (nSPS) is 23.7. The van der Waals surface area contributed by atoms with Crippen molar-refractivity contribution in [2.75, 3.05) is 4.90 Å². The van der Waals surface area contributed by atoms with Crippen LogP contribution in [0.3, 0.4) is 0 Å². The minimum absolute atomic E-state index is 0.589. The fourth-order valence-corrected chi connectivity index (χ4v) is 3.21. The minimum Gasteiger partial charge on any atom is -0.351 e. The molecule has 1 aliphatic heterocycles. The standard InChI is InChI=1S/C14H22BrN3/c1-4-6-13-16-12(15)9-14(17-13)18-10(3)7-8-11(18)5-2/h9-11H,4-8H2,1-3H3. The van der Waals surface area contributed by atoms with Gasteiger partial charge in [-0.25, -0.2) is 9.97 Å². The third-order valence-electron chi connectivity index (χ3n) is 3.72. The Balaban J connectivity index is 2.31. The van der Waals surface area contributed by atoms with Crippen molar-refractivity contribution in [1.29, 1.82) is 0 Å². The van der Waals surface area contributed by atoms with E-state index in [4.69, 9.17) is 4.98 Å². The number of hydrogen-bond acceptors (Lipinski definition) is 3. The summed E-state index contributed by atoms with van der Waals surface area (Å²) in [6.45, 7) is 6.72. The fourth-order valence-electron chi connectivity index (χ4n) is 2.80. The summed E-state index contributed by atoms with van der Waals surface area (Å²) >= 11 is 3.51. The molecule has 1 aromatic rings. The molecule has 18 heavy (non-hydrogen) atoms. The Bertz CT molecular complexity index is 408. The van der Waals surface area contributed by atoms with Crippen molar-refractivity contribution >= 4 is 21.7 Å². The summed E-state index contributed by atoms with van der Waals surface area (Å²) in [7, 11) is 0. The van der Waals surface area contributed by atoms with E-state index in [1.54, 1.807) is 0 Å². The summed E-state index contributed by atoms with van der Waals surface area (Å²) in [5.74, 6) is 2.05. The van der Waals surface area contributed by atoms with Crippen molar-refractivity contribution in [3.8, 4) is 0 Å². The van der Waals surface area contributed by atoms with Crippen molar-refractivity contribution < 1.29 is 0 Å². The molecule has 0 N–H and O–H groups in total. The number of hydrogen-bond donors (Lipinski definition) is 0. The van der Waals surface area contributed by atoms with Gasteiger partial charge in [0, 0.05) is 24.6 Å². The van der Waals surface area contributed by atoms with Gasteiger partial charge < -0.3 is 4.90 Å². The van der Waals surface area contributed by atoms with Gasteiger partial charge in [0.1, 0.15) is 16.2 Å². The highest BCUT2D eigenvalue weighted by Gasteiger charge is 2.30. The Hall–Kier alpha value is -0.640. The van der Waals surface area contributed by atoms with Crippen LogP contribution in [0.25, 0.3) is 0 Å². The zero-order valence-electron chi connectivity index (χ0n) is 11.5. The summed E-state index contributed by atoms with van der Waals surface area (Å²) < 4.78 is 0.907. The molecule has 2 unspecified atom stereocenters. The summed E-state index contributed by atoms with van der Waals surface area (Å²) in [5.41, 5.74) is 0. The summed E-state index contributed by atoms with van der Waals surface area (Å²) in [5, 5.41) is 0. The topological polar surface area (TPSA) is 29.0 Å². The highest BCUT2D eigenvalue weighted by Crippen LogP contribution is 2.31. The van der Waals surface area contributed by atoms with Gasteiger partial charge in [-0.15, -0.1) is 0 Å². The maximum Gasteiger partial charge on any atom is 0.133 e. The molecule has 3 nitrogen and oxygen atoms in total. The Morgan fingerprint density at radius 3 is 2.78 bits per heavy atom.